The quantitative estimate of drug-likeness (QED) is 0.668. The molecule has 1 atom stereocenters. The summed E-state index contributed by atoms with van der Waals surface area (Å²) in [5.74, 6) is -2.02. The van der Waals surface area contributed by atoms with Crippen molar-refractivity contribution >= 4 is 15.7 Å². The van der Waals surface area contributed by atoms with Crippen LogP contribution in [0.25, 0.3) is 0 Å². The lowest BCUT2D eigenvalue weighted by Gasteiger charge is -2.24. The van der Waals surface area contributed by atoms with Crippen molar-refractivity contribution in [3.63, 3.8) is 0 Å². The highest BCUT2D eigenvalue weighted by molar-refractivity contribution is 7.89. The molecule has 154 valence electrons. The summed E-state index contributed by atoms with van der Waals surface area (Å²) < 4.78 is 77.8. The number of hydrogen-bond donors (Lipinski definition) is 1. The molecule has 2 N–H and O–H groups in total. The number of sulfonamides is 1. The number of nitrogens with zero attached hydrogens (tertiary/aromatic N) is 2. The van der Waals surface area contributed by atoms with Crippen molar-refractivity contribution in [3.05, 3.63) is 59.7 Å². The van der Waals surface area contributed by atoms with Crippen LogP contribution in [0.2, 0.25) is 0 Å². The molecule has 0 fully saturated rings. The Morgan fingerprint density at radius 2 is 1.61 bits per heavy atom. The second kappa shape index (κ2) is 8.89. The van der Waals surface area contributed by atoms with Gasteiger partial charge in [-0.1, -0.05) is 12.1 Å². The van der Waals surface area contributed by atoms with Gasteiger partial charge in [-0.05, 0) is 29.8 Å². The number of rotatable bonds is 8. The van der Waals surface area contributed by atoms with E-state index in [0.717, 1.165) is 16.4 Å². The van der Waals surface area contributed by atoms with Crippen molar-refractivity contribution in [2.45, 2.75) is 17.4 Å². The Balaban J connectivity index is 2.18. The van der Waals surface area contributed by atoms with E-state index in [1.807, 2.05) is 0 Å². The first kappa shape index (κ1) is 22.1. The maximum absolute atomic E-state index is 13.4. The molecule has 0 amide bonds. The van der Waals surface area contributed by atoms with Gasteiger partial charge in [0.15, 0.2) is 0 Å². The minimum absolute atomic E-state index is 0.178. The highest BCUT2D eigenvalue weighted by Crippen LogP contribution is 2.23. The van der Waals surface area contributed by atoms with E-state index < -0.39 is 45.6 Å². The summed E-state index contributed by atoms with van der Waals surface area (Å²) in [6.07, 6.45) is -2.51. The summed E-state index contributed by atoms with van der Waals surface area (Å²) in [6, 6.07) is 7.74. The van der Waals surface area contributed by atoms with Crippen molar-refractivity contribution in [1.29, 1.82) is 0 Å². The number of nitrogens with two attached hydrogens (primary N) is 1. The van der Waals surface area contributed by atoms with Gasteiger partial charge < -0.3 is 10.6 Å². The zero-order chi connectivity index (χ0) is 21.1. The Morgan fingerprint density at radius 3 is 2.18 bits per heavy atom. The smallest absolute Gasteiger partial charge is 0.255 e. The Labute approximate surface area is 161 Å². The predicted molar refractivity (Wildman–Crippen MR) is 98.8 cm³/mol. The van der Waals surface area contributed by atoms with Crippen LogP contribution in [0.4, 0.5) is 23.2 Å². The fourth-order valence-corrected chi connectivity index (χ4v) is 3.88. The summed E-state index contributed by atoms with van der Waals surface area (Å²) >= 11 is 0. The van der Waals surface area contributed by atoms with Gasteiger partial charge in [0.25, 0.3) is 6.43 Å². The summed E-state index contributed by atoms with van der Waals surface area (Å²) in [4.78, 5) is 0.835. The SMILES string of the molecule is CN(CC(F)F)c1cccc([C@@H](N)CN(C)S(=O)(=O)c2cc(F)cc(F)c2)c1. The number of anilines is 1. The minimum Gasteiger partial charge on any atom is -0.369 e. The molecule has 0 bridgehead atoms. The fourth-order valence-electron chi connectivity index (χ4n) is 2.64. The Morgan fingerprint density at radius 1 is 1.00 bits per heavy atom. The van der Waals surface area contributed by atoms with Crippen LogP contribution >= 0.6 is 0 Å². The van der Waals surface area contributed by atoms with Crippen molar-refractivity contribution < 1.29 is 26.0 Å². The normalized spacial score (nSPS) is 13.2. The van der Waals surface area contributed by atoms with Crippen LogP contribution in [0, 0.1) is 11.6 Å². The van der Waals surface area contributed by atoms with E-state index in [0.29, 0.717) is 17.3 Å². The lowest BCUT2D eigenvalue weighted by Crippen LogP contribution is -2.34. The molecule has 2 aromatic rings. The molecule has 0 heterocycles. The zero-order valence-corrected chi connectivity index (χ0v) is 16.1. The molecule has 2 rings (SSSR count). The highest BCUT2D eigenvalue weighted by Gasteiger charge is 2.24. The summed E-state index contributed by atoms with van der Waals surface area (Å²) in [5, 5.41) is 0. The number of halogens is 4. The number of likely N-dealkylation sites (N-methyl/N-ethyl adjacent to an activating group) is 1. The van der Waals surface area contributed by atoms with Gasteiger partial charge in [0.1, 0.15) is 11.6 Å². The standard InChI is InChI=1S/C18H21F4N3O2S/c1-24(11-18(21)22)15-5-3-4-12(6-15)17(23)10-25(2)28(26,27)16-8-13(19)7-14(20)9-16/h3-9,17-18H,10-11,23H2,1-2H3/t17-/m0/s1. The number of hydrogen-bond acceptors (Lipinski definition) is 4. The summed E-state index contributed by atoms with van der Waals surface area (Å²) in [7, 11) is -1.42. The first-order valence-electron chi connectivity index (χ1n) is 8.28. The average molecular weight is 419 g/mol. The molecule has 28 heavy (non-hydrogen) atoms. The first-order chi connectivity index (χ1) is 13.0. The Kier molecular flexibility index (Phi) is 7.02. The maximum Gasteiger partial charge on any atom is 0.255 e. The van der Waals surface area contributed by atoms with E-state index >= 15 is 0 Å². The third kappa shape index (κ3) is 5.43. The minimum atomic E-state index is -4.17. The Hall–Kier alpha value is -2.17. The van der Waals surface area contributed by atoms with E-state index in [4.69, 9.17) is 5.73 Å². The molecular weight excluding hydrogens is 398 g/mol. The average Bonchev–Trinajstić information content (AvgIpc) is 2.60. The molecular formula is C18H21F4N3O2S. The molecule has 0 aliphatic carbocycles. The van der Waals surface area contributed by atoms with E-state index in [2.05, 4.69) is 0 Å². The van der Waals surface area contributed by atoms with E-state index in [-0.39, 0.29) is 6.54 Å². The monoisotopic (exact) mass is 419 g/mol. The molecule has 0 saturated heterocycles. The topological polar surface area (TPSA) is 66.6 Å². The van der Waals surface area contributed by atoms with Gasteiger partial charge in [0.05, 0.1) is 11.4 Å². The van der Waals surface area contributed by atoms with Crippen LogP contribution in [0.1, 0.15) is 11.6 Å². The van der Waals surface area contributed by atoms with Crippen LogP contribution in [0.5, 0.6) is 0 Å². The molecule has 10 heteroatoms. The van der Waals surface area contributed by atoms with E-state index in [9.17, 15) is 26.0 Å². The molecule has 2 aromatic carbocycles. The Bertz CT molecular complexity index is 905. The predicted octanol–water partition coefficient (Wildman–Crippen LogP) is 2.99. The molecule has 0 spiro atoms. The molecule has 0 aliphatic heterocycles. The van der Waals surface area contributed by atoms with Crippen LogP contribution in [0.15, 0.2) is 47.4 Å². The van der Waals surface area contributed by atoms with Crippen molar-refractivity contribution in [1.82, 2.24) is 4.31 Å². The second-order valence-corrected chi connectivity index (χ2v) is 8.41. The van der Waals surface area contributed by atoms with Crippen molar-refractivity contribution in [2.24, 2.45) is 5.73 Å². The highest BCUT2D eigenvalue weighted by atomic mass is 32.2. The molecule has 0 radical (unpaired) electrons. The fraction of sp³-hybridized carbons (Fsp3) is 0.333. The van der Waals surface area contributed by atoms with Gasteiger partial charge in [0, 0.05) is 38.4 Å². The van der Waals surface area contributed by atoms with Gasteiger partial charge in [-0.15, -0.1) is 0 Å². The summed E-state index contributed by atoms with van der Waals surface area (Å²) in [6.45, 7) is -0.638. The zero-order valence-electron chi connectivity index (χ0n) is 15.3. The molecule has 0 saturated carbocycles. The molecule has 0 unspecified atom stereocenters. The van der Waals surface area contributed by atoms with Gasteiger partial charge in [-0.25, -0.2) is 26.0 Å². The van der Waals surface area contributed by atoms with E-state index in [1.54, 1.807) is 24.3 Å². The third-order valence-electron chi connectivity index (χ3n) is 4.15. The molecule has 0 aliphatic rings. The van der Waals surface area contributed by atoms with Crippen molar-refractivity contribution in [3.8, 4) is 0 Å². The van der Waals surface area contributed by atoms with E-state index in [1.165, 1.54) is 19.0 Å². The number of benzene rings is 2. The second-order valence-electron chi connectivity index (χ2n) is 6.36. The summed E-state index contributed by atoms with van der Waals surface area (Å²) in [5.41, 5.74) is 7.12. The first-order valence-corrected chi connectivity index (χ1v) is 9.72. The van der Waals surface area contributed by atoms with Crippen LogP contribution in [-0.2, 0) is 10.0 Å². The lowest BCUT2D eigenvalue weighted by molar-refractivity contribution is 0.156. The van der Waals surface area contributed by atoms with Crippen LogP contribution in [0.3, 0.4) is 0 Å². The molecule has 5 nitrogen and oxygen atoms in total. The van der Waals surface area contributed by atoms with Gasteiger partial charge in [-0.3, -0.25) is 0 Å². The molecule has 0 aromatic heterocycles. The largest absolute Gasteiger partial charge is 0.369 e. The van der Waals surface area contributed by atoms with Crippen molar-refractivity contribution in [2.75, 3.05) is 32.1 Å². The van der Waals surface area contributed by atoms with Crippen LogP contribution in [-0.4, -0.2) is 46.3 Å². The number of alkyl halides is 2. The maximum atomic E-state index is 13.4. The third-order valence-corrected chi connectivity index (χ3v) is 5.95. The van der Waals surface area contributed by atoms with Gasteiger partial charge in [-0.2, -0.15) is 4.31 Å². The van der Waals surface area contributed by atoms with Crippen LogP contribution < -0.4 is 10.6 Å². The van der Waals surface area contributed by atoms with Gasteiger partial charge in [0.2, 0.25) is 10.0 Å². The van der Waals surface area contributed by atoms with Gasteiger partial charge >= 0.3 is 0 Å². The lowest BCUT2D eigenvalue weighted by atomic mass is 10.1.